The number of rotatable bonds is 4. The molecule has 1 saturated carbocycles. The first-order valence-corrected chi connectivity index (χ1v) is 11.1. The number of aromatic amines is 1. The summed E-state index contributed by atoms with van der Waals surface area (Å²) in [6.07, 6.45) is 7.16. The number of piperidine rings is 1. The van der Waals surface area contributed by atoms with E-state index in [0.29, 0.717) is 23.9 Å². The van der Waals surface area contributed by atoms with Crippen LogP contribution in [0.2, 0.25) is 0 Å². The number of aryl methyl sites for hydroxylation is 2. The fourth-order valence-corrected chi connectivity index (χ4v) is 5.74. The molecule has 7 heteroatoms. The van der Waals surface area contributed by atoms with Gasteiger partial charge < -0.3 is 0 Å². The SMILES string of the molecule is O=S(=O)(c1ccc2c(c1)CCC2)N1CCC(c2nc(C3CC3)n[nH]2)CC1. The summed E-state index contributed by atoms with van der Waals surface area (Å²) in [6.45, 7) is 1.09. The number of sulfonamides is 1. The molecule has 1 saturated heterocycles. The Kier molecular flexibility index (Phi) is 3.90. The Balaban J connectivity index is 1.29. The number of hydrogen-bond acceptors (Lipinski definition) is 4. The molecule has 2 fully saturated rings. The maximum absolute atomic E-state index is 13.0. The third kappa shape index (κ3) is 2.87. The van der Waals surface area contributed by atoms with Crippen molar-refractivity contribution in [3.63, 3.8) is 0 Å². The van der Waals surface area contributed by atoms with E-state index in [0.717, 1.165) is 43.8 Å². The number of aromatic nitrogens is 3. The largest absolute Gasteiger partial charge is 0.263 e. The zero-order valence-corrected chi connectivity index (χ0v) is 15.6. The molecule has 2 aliphatic carbocycles. The van der Waals surface area contributed by atoms with Crippen LogP contribution in [0.4, 0.5) is 0 Å². The van der Waals surface area contributed by atoms with Crippen molar-refractivity contribution >= 4 is 10.0 Å². The van der Waals surface area contributed by atoms with Gasteiger partial charge in [0.2, 0.25) is 10.0 Å². The molecule has 0 unspecified atom stereocenters. The van der Waals surface area contributed by atoms with E-state index in [2.05, 4.69) is 15.2 Å². The first-order valence-electron chi connectivity index (χ1n) is 9.65. The quantitative estimate of drug-likeness (QED) is 0.895. The normalized spacial score (nSPS) is 21.8. The minimum atomic E-state index is -3.40. The van der Waals surface area contributed by atoms with E-state index in [-0.39, 0.29) is 5.92 Å². The molecule has 5 rings (SSSR count). The van der Waals surface area contributed by atoms with Crippen LogP contribution in [0.1, 0.15) is 66.7 Å². The van der Waals surface area contributed by atoms with Crippen molar-refractivity contribution in [2.45, 2.75) is 61.7 Å². The van der Waals surface area contributed by atoms with Crippen LogP contribution >= 0.6 is 0 Å². The molecule has 138 valence electrons. The molecule has 26 heavy (non-hydrogen) atoms. The molecule has 1 N–H and O–H groups in total. The van der Waals surface area contributed by atoms with Crippen molar-refractivity contribution in [1.29, 1.82) is 0 Å². The number of H-pyrrole nitrogens is 1. The number of nitrogens with zero attached hydrogens (tertiary/aromatic N) is 3. The molecule has 0 bridgehead atoms. The Bertz CT molecular complexity index is 925. The molecule has 0 radical (unpaired) electrons. The molecule has 1 aliphatic heterocycles. The van der Waals surface area contributed by atoms with Crippen LogP contribution < -0.4 is 0 Å². The van der Waals surface area contributed by atoms with Gasteiger partial charge in [-0.15, -0.1) is 0 Å². The van der Waals surface area contributed by atoms with Gasteiger partial charge in [-0.3, -0.25) is 5.10 Å². The maximum atomic E-state index is 13.0. The lowest BCUT2D eigenvalue weighted by Crippen LogP contribution is -2.38. The summed E-state index contributed by atoms with van der Waals surface area (Å²) < 4.78 is 27.7. The monoisotopic (exact) mass is 372 g/mol. The van der Waals surface area contributed by atoms with Crippen LogP contribution in [0, 0.1) is 0 Å². The van der Waals surface area contributed by atoms with Gasteiger partial charge in [0.05, 0.1) is 4.90 Å². The lowest BCUT2D eigenvalue weighted by molar-refractivity contribution is 0.313. The lowest BCUT2D eigenvalue weighted by atomic mass is 9.97. The average molecular weight is 372 g/mol. The van der Waals surface area contributed by atoms with Crippen molar-refractivity contribution in [2.24, 2.45) is 0 Å². The Morgan fingerprint density at radius 3 is 2.54 bits per heavy atom. The van der Waals surface area contributed by atoms with Crippen LogP contribution in [0.25, 0.3) is 0 Å². The van der Waals surface area contributed by atoms with E-state index in [9.17, 15) is 8.42 Å². The zero-order valence-electron chi connectivity index (χ0n) is 14.8. The van der Waals surface area contributed by atoms with Crippen LogP contribution in [0.3, 0.4) is 0 Å². The highest BCUT2D eigenvalue weighted by atomic mass is 32.2. The second-order valence-electron chi connectivity index (χ2n) is 7.82. The van der Waals surface area contributed by atoms with Gasteiger partial charge in [-0.25, -0.2) is 13.4 Å². The fraction of sp³-hybridized carbons (Fsp3) is 0.579. The highest BCUT2D eigenvalue weighted by Gasteiger charge is 2.33. The zero-order chi connectivity index (χ0) is 17.7. The second-order valence-corrected chi connectivity index (χ2v) is 9.75. The third-order valence-electron chi connectivity index (χ3n) is 6.01. The highest BCUT2D eigenvalue weighted by molar-refractivity contribution is 7.89. The Morgan fingerprint density at radius 2 is 1.77 bits per heavy atom. The number of benzene rings is 1. The van der Waals surface area contributed by atoms with E-state index in [4.69, 9.17) is 0 Å². The Hall–Kier alpha value is -1.73. The van der Waals surface area contributed by atoms with Gasteiger partial charge >= 0.3 is 0 Å². The third-order valence-corrected chi connectivity index (χ3v) is 7.91. The molecular formula is C19H24N4O2S. The Morgan fingerprint density at radius 1 is 1.00 bits per heavy atom. The van der Waals surface area contributed by atoms with Gasteiger partial charge in [0.15, 0.2) is 5.82 Å². The number of fused-ring (bicyclic) bond motifs is 1. The van der Waals surface area contributed by atoms with Crippen LogP contribution in [0.5, 0.6) is 0 Å². The molecule has 2 heterocycles. The van der Waals surface area contributed by atoms with Gasteiger partial charge in [0.1, 0.15) is 5.82 Å². The smallest absolute Gasteiger partial charge is 0.243 e. The van der Waals surface area contributed by atoms with Crippen molar-refractivity contribution in [3.8, 4) is 0 Å². The van der Waals surface area contributed by atoms with Gasteiger partial charge in [-0.05, 0) is 68.2 Å². The van der Waals surface area contributed by atoms with E-state index < -0.39 is 10.0 Å². The summed E-state index contributed by atoms with van der Waals surface area (Å²) in [5, 5.41) is 7.42. The minimum absolute atomic E-state index is 0.279. The lowest BCUT2D eigenvalue weighted by Gasteiger charge is -2.30. The van der Waals surface area contributed by atoms with Gasteiger partial charge in [0.25, 0.3) is 0 Å². The molecule has 1 aromatic heterocycles. The molecule has 0 amide bonds. The summed E-state index contributed by atoms with van der Waals surface area (Å²) in [6, 6.07) is 5.67. The standard InChI is InChI=1S/C19H24N4O2S/c24-26(25,17-7-6-13-2-1-3-16(13)12-17)23-10-8-15(9-11-23)19-20-18(21-22-19)14-4-5-14/h6-7,12,14-15H,1-5,8-11H2,(H,20,21,22). The van der Waals surface area contributed by atoms with Crippen molar-refractivity contribution < 1.29 is 8.42 Å². The minimum Gasteiger partial charge on any atom is -0.263 e. The second kappa shape index (κ2) is 6.16. The highest BCUT2D eigenvalue weighted by Crippen LogP contribution is 2.39. The summed E-state index contributed by atoms with van der Waals surface area (Å²) in [5.41, 5.74) is 2.51. The van der Waals surface area contributed by atoms with Crippen LogP contribution in [-0.2, 0) is 22.9 Å². The summed E-state index contributed by atoms with van der Waals surface area (Å²) in [4.78, 5) is 5.10. The van der Waals surface area contributed by atoms with Gasteiger partial charge in [0, 0.05) is 24.9 Å². The molecule has 0 spiro atoms. The summed E-state index contributed by atoms with van der Waals surface area (Å²) >= 11 is 0. The van der Waals surface area contributed by atoms with Crippen molar-refractivity contribution in [1.82, 2.24) is 19.5 Å². The van der Waals surface area contributed by atoms with E-state index in [1.165, 1.54) is 24.0 Å². The predicted molar refractivity (Wildman–Crippen MR) is 97.6 cm³/mol. The number of hydrogen-bond donors (Lipinski definition) is 1. The van der Waals surface area contributed by atoms with Crippen molar-refractivity contribution in [3.05, 3.63) is 41.0 Å². The molecule has 1 aromatic carbocycles. The Labute approximate surface area is 154 Å². The van der Waals surface area contributed by atoms with E-state index in [1.807, 2.05) is 12.1 Å². The molecule has 0 atom stereocenters. The van der Waals surface area contributed by atoms with Crippen molar-refractivity contribution in [2.75, 3.05) is 13.1 Å². The molecule has 3 aliphatic rings. The molecule has 2 aromatic rings. The van der Waals surface area contributed by atoms with Crippen LogP contribution in [-0.4, -0.2) is 41.0 Å². The average Bonchev–Trinajstić information content (AvgIpc) is 3.20. The molecule has 6 nitrogen and oxygen atoms in total. The summed E-state index contributed by atoms with van der Waals surface area (Å²) in [7, 11) is -3.40. The van der Waals surface area contributed by atoms with Gasteiger partial charge in [-0.1, -0.05) is 6.07 Å². The predicted octanol–water partition coefficient (Wildman–Crippen LogP) is 2.74. The van der Waals surface area contributed by atoms with E-state index >= 15 is 0 Å². The topological polar surface area (TPSA) is 79.0 Å². The first kappa shape index (κ1) is 16.4. The number of nitrogens with one attached hydrogen (secondary N) is 1. The fourth-order valence-electron chi connectivity index (χ4n) is 4.22. The van der Waals surface area contributed by atoms with Crippen LogP contribution in [0.15, 0.2) is 23.1 Å². The molecular weight excluding hydrogens is 348 g/mol. The van der Waals surface area contributed by atoms with Gasteiger partial charge in [-0.2, -0.15) is 9.40 Å². The first-order chi connectivity index (χ1) is 12.6. The van der Waals surface area contributed by atoms with E-state index in [1.54, 1.807) is 10.4 Å². The summed E-state index contributed by atoms with van der Waals surface area (Å²) in [5.74, 6) is 2.69. The maximum Gasteiger partial charge on any atom is 0.243 e.